The summed E-state index contributed by atoms with van der Waals surface area (Å²) in [5, 5.41) is 14.5. The number of aryl methyl sites for hydroxylation is 2. The highest BCUT2D eigenvalue weighted by molar-refractivity contribution is 7.13. The second-order valence-electron chi connectivity index (χ2n) is 3.98. The lowest BCUT2D eigenvalue weighted by molar-refractivity contribution is -0.136. The molecule has 2 aromatic rings. The van der Waals surface area contributed by atoms with Gasteiger partial charge in [0.05, 0.1) is 12.1 Å². The van der Waals surface area contributed by atoms with Gasteiger partial charge in [0.2, 0.25) is 0 Å². The maximum absolute atomic E-state index is 10.5. The Labute approximate surface area is 109 Å². The van der Waals surface area contributed by atoms with E-state index in [0.717, 1.165) is 22.1 Å². The molecule has 0 bridgehead atoms. The maximum atomic E-state index is 10.5. The number of hydrogen-bond acceptors (Lipinski definition) is 4. The fourth-order valence-corrected chi connectivity index (χ4v) is 2.30. The molecule has 1 aromatic carbocycles. The molecule has 0 aliphatic heterocycles. The van der Waals surface area contributed by atoms with Gasteiger partial charge in [-0.15, -0.1) is 11.3 Å². The highest BCUT2D eigenvalue weighted by Gasteiger charge is 2.05. The molecule has 0 radical (unpaired) electrons. The molecule has 0 aliphatic carbocycles. The van der Waals surface area contributed by atoms with Crippen molar-refractivity contribution < 1.29 is 9.90 Å². The lowest BCUT2D eigenvalue weighted by Gasteiger charge is -2.05. The zero-order chi connectivity index (χ0) is 13.0. The first kappa shape index (κ1) is 12.6. The lowest BCUT2D eigenvalue weighted by atomic mass is 10.2. The van der Waals surface area contributed by atoms with Crippen LogP contribution >= 0.6 is 11.3 Å². The predicted molar refractivity (Wildman–Crippen MR) is 72.5 cm³/mol. The number of carboxylic acid groups (broad SMARTS) is 1. The van der Waals surface area contributed by atoms with E-state index in [2.05, 4.69) is 10.3 Å². The van der Waals surface area contributed by atoms with Crippen molar-refractivity contribution in [2.24, 2.45) is 0 Å². The van der Waals surface area contributed by atoms with Gasteiger partial charge in [-0.25, -0.2) is 4.98 Å². The third-order valence-corrected chi connectivity index (χ3v) is 3.34. The zero-order valence-corrected chi connectivity index (χ0v) is 10.8. The summed E-state index contributed by atoms with van der Waals surface area (Å²) in [6, 6.07) is 7.98. The highest BCUT2D eigenvalue weighted by Crippen LogP contribution is 2.23. The van der Waals surface area contributed by atoms with Crippen molar-refractivity contribution in [1.82, 2.24) is 4.98 Å². The van der Waals surface area contributed by atoms with Crippen molar-refractivity contribution in [1.29, 1.82) is 0 Å². The number of benzene rings is 1. The fraction of sp³-hybridized carbons (Fsp3) is 0.231. The van der Waals surface area contributed by atoms with Gasteiger partial charge in [-0.05, 0) is 18.6 Å². The summed E-state index contributed by atoms with van der Waals surface area (Å²) >= 11 is 1.49. The Balaban J connectivity index is 2.02. The predicted octanol–water partition coefficient (Wildman–Crippen LogP) is 3.21. The number of aromatic nitrogens is 1. The van der Waals surface area contributed by atoms with Crippen LogP contribution in [0.5, 0.6) is 0 Å². The number of carbonyl (C=O) groups is 1. The van der Waals surface area contributed by atoms with Gasteiger partial charge in [0, 0.05) is 17.5 Å². The number of carboxylic acids is 1. The number of para-hydroxylation sites is 1. The van der Waals surface area contributed by atoms with Gasteiger partial charge in [-0.2, -0.15) is 0 Å². The third kappa shape index (κ3) is 3.30. The number of thiazole rings is 1. The normalized spacial score (nSPS) is 10.3. The monoisotopic (exact) mass is 262 g/mol. The molecule has 18 heavy (non-hydrogen) atoms. The topological polar surface area (TPSA) is 62.2 Å². The van der Waals surface area contributed by atoms with E-state index >= 15 is 0 Å². The molecule has 0 saturated carbocycles. The quantitative estimate of drug-likeness (QED) is 0.868. The van der Waals surface area contributed by atoms with Gasteiger partial charge in [-0.1, -0.05) is 18.2 Å². The Bertz CT molecular complexity index is 551. The second-order valence-corrected chi connectivity index (χ2v) is 4.84. The summed E-state index contributed by atoms with van der Waals surface area (Å²) in [6.45, 7) is 2.03. The first-order valence-corrected chi connectivity index (χ1v) is 6.52. The van der Waals surface area contributed by atoms with Crippen LogP contribution in [0.3, 0.4) is 0 Å². The van der Waals surface area contributed by atoms with Crippen molar-refractivity contribution in [2.75, 3.05) is 5.32 Å². The molecule has 1 aromatic heterocycles. The summed E-state index contributed by atoms with van der Waals surface area (Å²) in [7, 11) is 0. The average molecular weight is 262 g/mol. The molecule has 0 spiro atoms. The van der Waals surface area contributed by atoms with Gasteiger partial charge in [-0.3, -0.25) is 4.79 Å². The number of nitrogens with one attached hydrogen (secondary N) is 1. The minimum absolute atomic E-state index is 0.119. The molecule has 0 aliphatic rings. The van der Waals surface area contributed by atoms with Crippen LogP contribution in [0.1, 0.15) is 17.7 Å². The molecule has 2 rings (SSSR count). The number of hydrogen-bond donors (Lipinski definition) is 2. The number of aliphatic carboxylic acids is 1. The third-order valence-electron chi connectivity index (χ3n) is 2.53. The van der Waals surface area contributed by atoms with Crippen LogP contribution in [-0.4, -0.2) is 16.1 Å². The van der Waals surface area contributed by atoms with Gasteiger partial charge in [0.1, 0.15) is 0 Å². The molecule has 0 fully saturated rings. The minimum atomic E-state index is -0.795. The molecule has 1 heterocycles. The molecule has 0 atom stereocenters. The Morgan fingerprint density at radius 3 is 2.94 bits per heavy atom. The van der Waals surface area contributed by atoms with Crippen LogP contribution < -0.4 is 5.32 Å². The van der Waals surface area contributed by atoms with Gasteiger partial charge >= 0.3 is 5.97 Å². The van der Waals surface area contributed by atoms with Crippen LogP contribution in [0.15, 0.2) is 29.6 Å². The van der Waals surface area contributed by atoms with E-state index in [-0.39, 0.29) is 6.42 Å². The molecule has 2 N–H and O–H groups in total. The Kier molecular flexibility index (Phi) is 3.94. The molecule has 94 valence electrons. The van der Waals surface area contributed by atoms with Crippen LogP contribution in [0.2, 0.25) is 0 Å². The summed E-state index contributed by atoms with van der Waals surface area (Å²) in [5.74, 6) is -0.795. The Hall–Kier alpha value is -1.88. The second kappa shape index (κ2) is 5.64. The molecule has 0 unspecified atom stereocenters. The zero-order valence-electron chi connectivity index (χ0n) is 10.0. The summed E-state index contributed by atoms with van der Waals surface area (Å²) in [4.78, 5) is 14.8. The summed E-state index contributed by atoms with van der Waals surface area (Å²) in [6.07, 6.45) is 0.592. The maximum Gasteiger partial charge on any atom is 0.303 e. The number of rotatable bonds is 5. The Morgan fingerprint density at radius 1 is 1.44 bits per heavy atom. The van der Waals surface area contributed by atoms with Crippen molar-refractivity contribution in [3.05, 3.63) is 40.9 Å². The Morgan fingerprint density at radius 2 is 2.22 bits per heavy atom. The van der Waals surface area contributed by atoms with Crippen LogP contribution in [0.4, 0.5) is 10.8 Å². The van der Waals surface area contributed by atoms with Crippen molar-refractivity contribution >= 4 is 28.1 Å². The largest absolute Gasteiger partial charge is 0.481 e. The van der Waals surface area contributed by atoms with E-state index < -0.39 is 5.97 Å². The number of anilines is 2. The van der Waals surface area contributed by atoms with Crippen molar-refractivity contribution in [3.8, 4) is 0 Å². The van der Waals surface area contributed by atoms with Gasteiger partial charge < -0.3 is 10.4 Å². The fourth-order valence-electron chi connectivity index (χ4n) is 1.54. The average Bonchev–Trinajstić information content (AvgIpc) is 2.77. The van der Waals surface area contributed by atoms with E-state index in [4.69, 9.17) is 5.11 Å². The molecule has 0 amide bonds. The molecular formula is C13H14N2O2S. The minimum Gasteiger partial charge on any atom is -0.481 e. The van der Waals surface area contributed by atoms with Crippen LogP contribution in [0.25, 0.3) is 0 Å². The van der Waals surface area contributed by atoms with E-state index in [1.54, 1.807) is 0 Å². The van der Waals surface area contributed by atoms with Crippen molar-refractivity contribution in [3.63, 3.8) is 0 Å². The highest BCUT2D eigenvalue weighted by atomic mass is 32.1. The first-order chi connectivity index (χ1) is 8.65. The van der Waals surface area contributed by atoms with E-state index in [1.165, 1.54) is 11.3 Å². The summed E-state index contributed by atoms with van der Waals surface area (Å²) in [5.41, 5.74) is 3.00. The first-order valence-electron chi connectivity index (χ1n) is 5.64. The SMILES string of the molecule is Cc1ccccc1Nc1nc(CCC(=O)O)cs1. The molecule has 5 heteroatoms. The molecular weight excluding hydrogens is 248 g/mol. The van der Waals surface area contributed by atoms with Crippen LogP contribution in [-0.2, 0) is 11.2 Å². The van der Waals surface area contributed by atoms with Crippen LogP contribution in [0, 0.1) is 6.92 Å². The lowest BCUT2D eigenvalue weighted by Crippen LogP contribution is -1.98. The van der Waals surface area contributed by atoms with E-state index in [1.807, 2.05) is 36.6 Å². The van der Waals surface area contributed by atoms with Gasteiger partial charge in [0.25, 0.3) is 0 Å². The van der Waals surface area contributed by atoms with E-state index in [9.17, 15) is 4.79 Å². The van der Waals surface area contributed by atoms with E-state index in [0.29, 0.717) is 6.42 Å². The standard InChI is InChI=1S/C13H14N2O2S/c1-9-4-2-3-5-11(9)15-13-14-10(8-18-13)6-7-12(16)17/h2-5,8H,6-7H2,1H3,(H,14,15)(H,16,17). The smallest absolute Gasteiger partial charge is 0.303 e. The molecule has 0 saturated heterocycles. The molecule has 4 nitrogen and oxygen atoms in total. The number of nitrogens with zero attached hydrogens (tertiary/aromatic N) is 1. The van der Waals surface area contributed by atoms with Crippen molar-refractivity contribution in [2.45, 2.75) is 19.8 Å². The van der Waals surface area contributed by atoms with Gasteiger partial charge in [0.15, 0.2) is 5.13 Å². The summed E-state index contributed by atoms with van der Waals surface area (Å²) < 4.78 is 0.